The van der Waals surface area contributed by atoms with E-state index in [0.29, 0.717) is 18.2 Å². The summed E-state index contributed by atoms with van der Waals surface area (Å²) in [6, 6.07) is 7.61. The van der Waals surface area contributed by atoms with Gasteiger partial charge in [-0.15, -0.1) is 0 Å². The first kappa shape index (κ1) is 16.3. The predicted molar refractivity (Wildman–Crippen MR) is 84.4 cm³/mol. The van der Waals surface area contributed by atoms with E-state index in [1.165, 1.54) is 0 Å². The van der Waals surface area contributed by atoms with Gasteiger partial charge in [0, 0.05) is 11.1 Å². The number of carbonyl (C=O) groups excluding carboxylic acids is 1. The largest absolute Gasteiger partial charge is 0.379 e. The summed E-state index contributed by atoms with van der Waals surface area (Å²) in [6.45, 7) is 6.06. The Labute approximate surface area is 131 Å². The molecule has 1 amide bonds. The summed E-state index contributed by atoms with van der Waals surface area (Å²) in [5.41, 5.74) is 1.01. The van der Waals surface area contributed by atoms with Crippen LogP contribution in [-0.2, 0) is 9.53 Å². The molecule has 2 unspecified atom stereocenters. The third kappa shape index (κ3) is 4.43. The highest BCUT2D eigenvalue weighted by atomic mass is 35.5. The van der Waals surface area contributed by atoms with Crippen molar-refractivity contribution in [1.29, 1.82) is 0 Å². The Hall–Kier alpha value is -1.10. The highest BCUT2D eigenvalue weighted by molar-refractivity contribution is 6.30. The van der Waals surface area contributed by atoms with E-state index in [4.69, 9.17) is 16.3 Å². The molecule has 116 valence electrons. The molecule has 1 fully saturated rings. The molecule has 0 radical (unpaired) electrons. The molecular formula is C16H23ClN2O2. The normalized spacial score (nSPS) is 23.0. The molecule has 0 aliphatic carbocycles. The Kier molecular flexibility index (Phi) is 6.03. The Morgan fingerprint density at radius 3 is 3.00 bits per heavy atom. The van der Waals surface area contributed by atoms with Crippen LogP contribution >= 0.6 is 11.6 Å². The molecule has 1 saturated heterocycles. The number of ether oxygens (including phenoxy) is 1. The summed E-state index contributed by atoms with van der Waals surface area (Å²) < 4.78 is 5.45. The van der Waals surface area contributed by atoms with Crippen molar-refractivity contribution in [2.45, 2.75) is 32.4 Å². The van der Waals surface area contributed by atoms with Gasteiger partial charge in [0.2, 0.25) is 5.91 Å². The lowest BCUT2D eigenvalue weighted by atomic mass is 10.0. The minimum atomic E-state index is -0.127. The van der Waals surface area contributed by atoms with E-state index in [0.717, 1.165) is 18.5 Å². The van der Waals surface area contributed by atoms with Crippen LogP contribution in [0.1, 0.15) is 31.9 Å². The summed E-state index contributed by atoms with van der Waals surface area (Å²) in [6.07, 6.45) is 1.05. The van der Waals surface area contributed by atoms with Gasteiger partial charge in [-0.2, -0.15) is 0 Å². The van der Waals surface area contributed by atoms with Crippen LogP contribution in [0.15, 0.2) is 24.3 Å². The van der Waals surface area contributed by atoms with E-state index in [1.807, 2.05) is 31.2 Å². The molecule has 1 aliphatic rings. The zero-order valence-electron chi connectivity index (χ0n) is 12.6. The maximum atomic E-state index is 12.4. The number of hydrogen-bond acceptors (Lipinski definition) is 3. The van der Waals surface area contributed by atoms with Gasteiger partial charge in [0.1, 0.15) is 0 Å². The van der Waals surface area contributed by atoms with E-state index < -0.39 is 0 Å². The first-order valence-corrected chi connectivity index (χ1v) is 7.86. The van der Waals surface area contributed by atoms with Crippen molar-refractivity contribution in [3.8, 4) is 0 Å². The van der Waals surface area contributed by atoms with Crippen LogP contribution in [0.5, 0.6) is 0 Å². The van der Waals surface area contributed by atoms with Gasteiger partial charge in [0.15, 0.2) is 0 Å². The van der Waals surface area contributed by atoms with Crippen LogP contribution < -0.4 is 10.6 Å². The highest BCUT2D eigenvalue weighted by Crippen LogP contribution is 2.20. The molecule has 4 nitrogen and oxygen atoms in total. The molecule has 21 heavy (non-hydrogen) atoms. The fourth-order valence-electron chi connectivity index (χ4n) is 2.52. The third-order valence-corrected chi connectivity index (χ3v) is 4.02. The third-order valence-electron chi connectivity index (χ3n) is 3.78. The average Bonchev–Trinajstić information content (AvgIpc) is 2.93. The van der Waals surface area contributed by atoms with Crippen molar-refractivity contribution < 1.29 is 9.53 Å². The topological polar surface area (TPSA) is 50.4 Å². The number of amides is 1. The highest BCUT2D eigenvalue weighted by Gasteiger charge is 2.34. The van der Waals surface area contributed by atoms with Gasteiger partial charge in [-0.1, -0.05) is 30.7 Å². The second-order valence-electron chi connectivity index (χ2n) is 5.49. The van der Waals surface area contributed by atoms with Gasteiger partial charge < -0.3 is 15.4 Å². The molecule has 0 saturated carbocycles. The van der Waals surface area contributed by atoms with Crippen molar-refractivity contribution in [2.24, 2.45) is 5.92 Å². The fourth-order valence-corrected chi connectivity index (χ4v) is 2.72. The average molecular weight is 311 g/mol. The zero-order valence-corrected chi connectivity index (χ0v) is 13.3. The molecule has 5 heteroatoms. The van der Waals surface area contributed by atoms with Crippen LogP contribution in [0.2, 0.25) is 5.02 Å². The predicted octanol–water partition coefficient (Wildman–Crippen LogP) is 2.53. The lowest BCUT2D eigenvalue weighted by Gasteiger charge is -2.21. The molecule has 1 aromatic carbocycles. The number of benzene rings is 1. The van der Waals surface area contributed by atoms with Crippen molar-refractivity contribution in [1.82, 2.24) is 10.6 Å². The van der Waals surface area contributed by atoms with Crippen molar-refractivity contribution in [2.75, 3.05) is 19.8 Å². The fraction of sp³-hybridized carbons (Fsp3) is 0.562. The first-order chi connectivity index (χ1) is 10.1. The van der Waals surface area contributed by atoms with E-state index in [9.17, 15) is 4.79 Å². The smallest absolute Gasteiger partial charge is 0.227 e. The Morgan fingerprint density at radius 1 is 1.48 bits per heavy atom. The van der Waals surface area contributed by atoms with Gasteiger partial charge in [0.25, 0.3) is 0 Å². The van der Waals surface area contributed by atoms with Crippen molar-refractivity contribution >= 4 is 17.5 Å². The maximum Gasteiger partial charge on any atom is 0.227 e. The summed E-state index contributed by atoms with van der Waals surface area (Å²) in [5, 5.41) is 7.11. The maximum absolute atomic E-state index is 12.4. The van der Waals surface area contributed by atoms with E-state index in [2.05, 4.69) is 17.6 Å². The summed E-state index contributed by atoms with van der Waals surface area (Å²) in [5.74, 6) is -0.0910. The molecule has 1 aromatic rings. The van der Waals surface area contributed by atoms with E-state index in [-0.39, 0.29) is 23.9 Å². The molecule has 2 rings (SSSR count). The summed E-state index contributed by atoms with van der Waals surface area (Å²) in [7, 11) is 0. The first-order valence-electron chi connectivity index (χ1n) is 7.48. The molecule has 0 aromatic heterocycles. The Morgan fingerprint density at radius 2 is 2.29 bits per heavy atom. The van der Waals surface area contributed by atoms with Crippen LogP contribution in [-0.4, -0.2) is 31.7 Å². The van der Waals surface area contributed by atoms with Crippen LogP contribution in [0.4, 0.5) is 0 Å². The Bertz CT molecular complexity index is 481. The number of rotatable bonds is 6. The van der Waals surface area contributed by atoms with E-state index >= 15 is 0 Å². The van der Waals surface area contributed by atoms with E-state index in [1.54, 1.807) is 0 Å². The lowest BCUT2D eigenvalue weighted by Crippen LogP contribution is -2.44. The molecule has 1 heterocycles. The zero-order chi connectivity index (χ0) is 15.2. The van der Waals surface area contributed by atoms with Crippen molar-refractivity contribution in [3.63, 3.8) is 0 Å². The molecule has 0 spiro atoms. The molecule has 1 aliphatic heterocycles. The summed E-state index contributed by atoms with van der Waals surface area (Å²) >= 11 is 5.99. The van der Waals surface area contributed by atoms with Gasteiger partial charge in [-0.25, -0.2) is 0 Å². The van der Waals surface area contributed by atoms with Crippen LogP contribution in [0, 0.1) is 5.92 Å². The van der Waals surface area contributed by atoms with Crippen LogP contribution in [0.25, 0.3) is 0 Å². The van der Waals surface area contributed by atoms with Crippen LogP contribution in [0.3, 0.4) is 0 Å². The molecular weight excluding hydrogens is 288 g/mol. The minimum absolute atomic E-state index is 0.0357. The second-order valence-corrected chi connectivity index (χ2v) is 5.93. The number of halogens is 1. The molecule has 0 bridgehead atoms. The minimum Gasteiger partial charge on any atom is -0.379 e. The molecule has 3 atom stereocenters. The number of nitrogens with one attached hydrogen (secondary N) is 2. The summed E-state index contributed by atoms with van der Waals surface area (Å²) in [4.78, 5) is 12.4. The van der Waals surface area contributed by atoms with Gasteiger partial charge in [-0.3, -0.25) is 4.79 Å². The Balaban J connectivity index is 1.94. The van der Waals surface area contributed by atoms with Gasteiger partial charge in [0.05, 0.1) is 25.2 Å². The van der Waals surface area contributed by atoms with Crippen molar-refractivity contribution in [3.05, 3.63) is 34.9 Å². The standard InChI is InChI=1S/C16H23ClN2O2/c1-3-7-18-15-10-21-9-14(15)16(20)19-11(2)12-5-4-6-13(17)8-12/h4-6,8,11,14-15,18H,3,7,9-10H2,1-2H3,(H,19,20)/t11-,14?,15?/m1/s1. The SMILES string of the molecule is CCCNC1COCC1C(=O)N[C@H](C)c1cccc(Cl)c1. The quantitative estimate of drug-likeness (QED) is 0.849. The second kappa shape index (κ2) is 7.78. The lowest BCUT2D eigenvalue weighted by molar-refractivity contribution is -0.126. The van der Waals surface area contributed by atoms with Gasteiger partial charge in [-0.05, 0) is 37.6 Å². The molecule has 2 N–H and O–H groups in total. The number of carbonyl (C=O) groups is 1. The monoisotopic (exact) mass is 310 g/mol. The number of hydrogen-bond donors (Lipinski definition) is 2. The van der Waals surface area contributed by atoms with Gasteiger partial charge >= 0.3 is 0 Å².